The number of halogens is 2. The molecular formula is C15H15F2N5O. The first kappa shape index (κ1) is 15.3. The van der Waals surface area contributed by atoms with E-state index in [1.54, 1.807) is 0 Å². The van der Waals surface area contributed by atoms with Gasteiger partial charge in [0.15, 0.2) is 0 Å². The predicted molar refractivity (Wildman–Crippen MR) is 79.2 cm³/mol. The fourth-order valence-electron chi connectivity index (χ4n) is 2.66. The highest BCUT2D eigenvalue weighted by atomic mass is 19.1. The number of rotatable bonds is 4. The number of carbonyl (C=O) groups excluding carboxylic acids is 1. The normalized spacial score (nSPS) is 15.6. The highest BCUT2D eigenvalue weighted by molar-refractivity contribution is 5.93. The molecule has 0 bridgehead atoms. The maximum Gasteiger partial charge on any atom is 0.268 e. The van der Waals surface area contributed by atoms with Gasteiger partial charge in [-0.15, -0.1) is 0 Å². The van der Waals surface area contributed by atoms with Crippen molar-refractivity contribution in [1.82, 2.24) is 15.4 Å². The molecule has 0 aliphatic heterocycles. The zero-order valence-corrected chi connectivity index (χ0v) is 12.1. The Morgan fingerprint density at radius 1 is 1.22 bits per heavy atom. The number of hydrogen-bond donors (Lipinski definition) is 3. The summed E-state index contributed by atoms with van der Waals surface area (Å²) in [6.07, 6.45) is 4.79. The molecule has 3 rings (SSSR count). The third-order valence-corrected chi connectivity index (χ3v) is 4.05. The highest BCUT2D eigenvalue weighted by Crippen LogP contribution is 2.44. The van der Waals surface area contributed by atoms with Gasteiger partial charge in [0.1, 0.15) is 11.6 Å². The molecule has 8 heteroatoms. The predicted octanol–water partition coefficient (Wildman–Crippen LogP) is 1.85. The topological polar surface area (TPSA) is 92.9 Å². The lowest BCUT2D eigenvalue weighted by Crippen LogP contribution is -2.43. The van der Waals surface area contributed by atoms with E-state index >= 15 is 0 Å². The summed E-state index contributed by atoms with van der Waals surface area (Å²) in [5.41, 5.74) is 1.71. The third kappa shape index (κ3) is 2.85. The molecule has 23 heavy (non-hydrogen) atoms. The van der Waals surface area contributed by atoms with Crippen LogP contribution in [-0.4, -0.2) is 15.9 Å². The number of aromatic nitrogens is 2. The van der Waals surface area contributed by atoms with Crippen molar-refractivity contribution in [2.75, 3.05) is 5.32 Å². The van der Waals surface area contributed by atoms with Gasteiger partial charge in [-0.1, -0.05) is 0 Å². The molecule has 1 aliphatic rings. The minimum atomic E-state index is -0.732. The van der Waals surface area contributed by atoms with Crippen molar-refractivity contribution in [1.29, 1.82) is 0 Å². The first-order valence-corrected chi connectivity index (χ1v) is 7.11. The summed E-state index contributed by atoms with van der Waals surface area (Å²) in [5.74, 6) is 3.79. The number of nitrogens with zero attached hydrogens (tertiary/aromatic N) is 2. The Kier molecular flexibility index (Phi) is 3.91. The molecule has 1 fully saturated rings. The second kappa shape index (κ2) is 5.88. The molecule has 0 spiro atoms. The molecule has 1 aromatic carbocycles. The Hall–Kier alpha value is -2.61. The van der Waals surface area contributed by atoms with Gasteiger partial charge in [0.25, 0.3) is 5.91 Å². The average molecular weight is 319 g/mol. The van der Waals surface area contributed by atoms with E-state index in [9.17, 15) is 13.6 Å². The van der Waals surface area contributed by atoms with Crippen LogP contribution in [0.25, 0.3) is 0 Å². The number of nitrogens with one attached hydrogen (secondary N) is 2. The molecule has 4 N–H and O–H groups in total. The number of nitrogen functional groups attached to an aromatic ring is 1. The summed E-state index contributed by atoms with van der Waals surface area (Å²) in [5, 5.41) is 3.07. The zero-order chi connectivity index (χ0) is 16.4. The lowest BCUT2D eigenvalue weighted by molar-refractivity contribution is 0.0953. The van der Waals surface area contributed by atoms with Gasteiger partial charge in [0, 0.05) is 18.0 Å². The van der Waals surface area contributed by atoms with Gasteiger partial charge in [0.05, 0.1) is 11.1 Å². The van der Waals surface area contributed by atoms with Crippen LogP contribution in [0.4, 0.5) is 14.7 Å². The standard InChI is InChI=1S/C15H15F2N5O/c16-10-2-3-12(17)11(6-10)15(4-1-5-15)21-14-19-7-9(8-20-14)13(23)22-18/h2-3,6-8H,1,4-5,18H2,(H,22,23)(H,19,20,21). The van der Waals surface area contributed by atoms with Crippen molar-refractivity contribution < 1.29 is 13.6 Å². The van der Waals surface area contributed by atoms with Gasteiger partial charge in [-0.05, 0) is 37.5 Å². The van der Waals surface area contributed by atoms with Crippen LogP contribution in [0.15, 0.2) is 30.6 Å². The van der Waals surface area contributed by atoms with Crippen LogP contribution in [-0.2, 0) is 5.54 Å². The fraction of sp³-hybridized carbons (Fsp3) is 0.267. The van der Waals surface area contributed by atoms with Gasteiger partial charge in [-0.25, -0.2) is 24.6 Å². The lowest BCUT2D eigenvalue weighted by Gasteiger charge is -2.43. The molecule has 1 saturated carbocycles. The molecule has 1 heterocycles. The van der Waals surface area contributed by atoms with Crippen LogP contribution in [0, 0.1) is 11.6 Å². The fourth-order valence-corrected chi connectivity index (χ4v) is 2.66. The molecule has 0 atom stereocenters. The van der Waals surface area contributed by atoms with E-state index in [4.69, 9.17) is 5.84 Å². The number of amides is 1. The van der Waals surface area contributed by atoms with Crippen molar-refractivity contribution in [2.45, 2.75) is 24.8 Å². The van der Waals surface area contributed by atoms with Gasteiger partial charge < -0.3 is 5.32 Å². The van der Waals surface area contributed by atoms with Gasteiger partial charge in [-0.3, -0.25) is 10.2 Å². The van der Waals surface area contributed by atoms with Gasteiger partial charge in [-0.2, -0.15) is 0 Å². The molecule has 6 nitrogen and oxygen atoms in total. The summed E-state index contributed by atoms with van der Waals surface area (Å²) >= 11 is 0. The largest absolute Gasteiger partial charge is 0.345 e. The molecule has 120 valence electrons. The first-order valence-electron chi connectivity index (χ1n) is 7.11. The minimum absolute atomic E-state index is 0.206. The van der Waals surface area contributed by atoms with Crippen LogP contribution < -0.4 is 16.6 Å². The SMILES string of the molecule is NNC(=O)c1cnc(NC2(c3cc(F)ccc3F)CCC2)nc1. The summed E-state index contributed by atoms with van der Waals surface area (Å²) in [6, 6.07) is 3.39. The van der Waals surface area contributed by atoms with Crippen LogP contribution in [0.2, 0.25) is 0 Å². The second-order valence-corrected chi connectivity index (χ2v) is 5.45. The van der Waals surface area contributed by atoms with Crippen LogP contribution in [0.3, 0.4) is 0 Å². The van der Waals surface area contributed by atoms with Crippen LogP contribution >= 0.6 is 0 Å². The Morgan fingerprint density at radius 3 is 2.48 bits per heavy atom. The van der Waals surface area contributed by atoms with Crippen molar-refractivity contribution in [3.05, 3.63) is 53.4 Å². The zero-order valence-electron chi connectivity index (χ0n) is 12.1. The van der Waals surface area contributed by atoms with E-state index in [1.165, 1.54) is 18.5 Å². The number of nitrogens with two attached hydrogens (primary N) is 1. The van der Waals surface area contributed by atoms with E-state index < -0.39 is 23.1 Å². The maximum atomic E-state index is 14.1. The quantitative estimate of drug-likeness (QED) is 0.454. The number of hydrazine groups is 1. The molecule has 2 aromatic rings. The maximum absolute atomic E-state index is 14.1. The smallest absolute Gasteiger partial charge is 0.268 e. The average Bonchev–Trinajstić information content (AvgIpc) is 2.53. The number of hydrogen-bond acceptors (Lipinski definition) is 5. The van der Waals surface area contributed by atoms with Crippen LogP contribution in [0.5, 0.6) is 0 Å². The molecule has 1 aromatic heterocycles. The van der Waals surface area contributed by atoms with Crippen LogP contribution in [0.1, 0.15) is 35.2 Å². The van der Waals surface area contributed by atoms with E-state index in [-0.39, 0.29) is 17.1 Å². The minimum Gasteiger partial charge on any atom is -0.345 e. The third-order valence-electron chi connectivity index (χ3n) is 4.05. The Morgan fingerprint density at radius 2 is 1.91 bits per heavy atom. The Bertz CT molecular complexity index is 731. The molecule has 0 unspecified atom stereocenters. The number of benzene rings is 1. The number of anilines is 1. The monoisotopic (exact) mass is 319 g/mol. The molecule has 0 saturated heterocycles. The molecule has 1 amide bonds. The second-order valence-electron chi connectivity index (χ2n) is 5.45. The first-order chi connectivity index (χ1) is 11.0. The highest BCUT2D eigenvalue weighted by Gasteiger charge is 2.41. The Labute approximate surface area is 131 Å². The van der Waals surface area contributed by atoms with E-state index in [2.05, 4.69) is 15.3 Å². The van der Waals surface area contributed by atoms with Crippen molar-refractivity contribution >= 4 is 11.9 Å². The summed E-state index contributed by atoms with van der Waals surface area (Å²) in [7, 11) is 0. The van der Waals surface area contributed by atoms with E-state index in [0.29, 0.717) is 12.8 Å². The van der Waals surface area contributed by atoms with E-state index in [0.717, 1.165) is 18.6 Å². The molecule has 0 radical (unpaired) electrons. The molecule has 1 aliphatic carbocycles. The Balaban J connectivity index is 1.87. The van der Waals surface area contributed by atoms with Gasteiger partial charge >= 0.3 is 0 Å². The molecular weight excluding hydrogens is 304 g/mol. The van der Waals surface area contributed by atoms with Gasteiger partial charge in [0.2, 0.25) is 5.95 Å². The van der Waals surface area contributed by atoms with E-state index in [1.807, 2.05) is 5.43 Å². The van der Waals surface area contributed by atoms with Crippen molar-refractivity contribution in [3.63, 3.8) is 0 Å². The number of carbonyl (C=O) groups is 1. The van der Waals surface area contributed by atoms with Crippen molar-refractivity contribution in [3.8, 4) is 0 Å². The van der Waals surface area contributed by atoms with Crippen molar-refractivity contribution in [2.24, 2.45) is 5.84 Å². The summed E-state index contributed by atoms with van der Waals surface area (Å²) in [6.45, 7) is 0. The summed E-state index contributed by atoms with van der Waals surface area (Å²) < 4.78 is 27.6. The summed E-state index contributed by atoms with van der Waals surface area (Å²) in [4.78, 5) is 19.4. The lowest BCUT2D eigenvalue weighted by atomic mass is 9.71.